The van der Waals surface area contributed by atoms with Gasteiger partial charge in [0.2, 0.25) is 0 Å². The van der Waals surface area contributed by atoms with Gasteiger partial charge >= 0.3 is 0 Å². The molecule has 0 aliphatic carbocycles. The van der Waals surface area contributed by atoms with Gasteiger partial charge in [-0.2, -0.15) is 4.73 Å². The topological polar surface area (TPSA) is 31.2 Å². The van der Waals surface area contributed by atoms with E-state index in [0.29, 0.717) is 17.2 Å². The molecule has 0 aliphatic heterocycles. The Bertz CT molecular complexity index is 747. The van der Waals surface area contributed by atoms with Gasteiger partial charge in [0.25, 0.3) is 0 Å². The maximum atomic E-state index is 11.1. The van der Waals surface area contributed by atoms with Gasteiger partial charge in [-0.3, -0.25) is 4.79 Å². The second kappa shape index (κ2) is 5.39. The molecule has 0 saturated heterocycles. The van der Waals surface area contributed by atoms with Gasteiger partial charge in [0.1, 0.15) is 6.61 Å². The molecule has 4 heteroatoms. The quantitative estimate of drug-likeness (QED) is 0.684. The van der Waals surface area contributed by atoms with Crippen molar-refractivity contribution in [1.29, 1.82) is 0 Å². The molecule has 1 aromatic heterocycles. The molecule has 0 atom stereocenters. The van der Waals surface area contributed by atoms with Gasteiger partial charge in [-0.25, -0.2) is 0 Å². The van der Waals surface area contributed by atoms with Crippen LogP contribution in [0.3, 0.4) is 0 Å². The fraction of sp³-hybridized carbons (Fsp3) is 0.0625. The molecule has 2 aromatic carbocycles. The van der Waals surface area contributed by atoms with Crippen LogP contribution in [0.4, 0.5) is 0 Å². The standard InChI is InChI=1S/C16H12ClNO2/c17-14-7-5-12(6-8-14)11-20-18-9-13(10-19)15-3-1-2-4-16(15)18/h1-10H,11H2. The Morgan fingerprint density at radius 1 is 1.10 bits per heavy atom. The zero-order chi connectivity index (χ0) is 13.9. The van der Waals surface area contributed by atoms with E-state index < -0.39 is 0 Å². The Balaban J connectivity index is 1.87. The second-order valence-electron chi connectivity index (χ2n) is 4.45. The number of rotatable bonds is 4. The monoisotopic (exact) mass is 285 g/mol. The summed E-state index contributed by atoms with van der Waals surface area (Å²) in [6.07, 6.45) is 2.54. The van der Waals surface area contributed by atoms with Gasteiger partial charge in [-0.05, 0) is 23.8 Å². The Morgan fingerprint density at radius 2 is 1.85 bits per heavy atom. The molecule has 0 spiro atoms. The van der Waals surface area contributed by atoms with E-state index in [1.807, 2.05) is 48.5 Å². The smallest absolute Gasteiger partial charge is 0.152 e. The van der Waals surface area contributed by atoms with Crippen molar-refractivity contribution in [3.8, 4) is 0 Å². The minimum Gasteiger partial charge on any atom is -0.409 e. The van der Waals surface area contributed by atoms with Gasteiger partial charge in [0.15, 0.2) is 6.29 Å². The highest BCUT2D eigenvalue weighted by Gasteiger charge is 2.07. The SMILES string of the molecule is O=Cc1cn(OCc2ccc(Cl)cc2)c2ccccc12. The Morgan fingerprint density at radius 3 is 2.60 bits per heavy atom. The molecule has 0 aliphatic rings. The number of carbonyl (C=O) groups excluding carboxylic acids is 1. The van der Waals surface area contributed by atoms with Crippen molar-refractivity contribution in [2.45, 2.75) is 6.61 Å². The first kappa shape index (κ1) is 12.8. The lowest BCUT2D eigenvalue weighted by molar-refractivity contribution is 0.105. The average Bonchev–Trinajstić information content (AvgIpc) is 2.85. The molecule has 0 N–H and O–H groups in total. The van der Waals surface area contributed by atoms with Crippen LogP contribution in [0.1, 0.15) is 15.9 Å². The number of para-hydroxylation sites is 1. The van der Waals surface area contributed by atoms with Crippen LogP contribution >= 0.6 is 11.6 Å². The van der Waals surface area contributed by atoms with E-state index in [1.54, 1.807) is 10.9 Å². The first-order valence-corrected chi connectivity index (χ1v) is 6.59. The number of benzene rings is 2. The molecule has 3 aromatic rings. The molecule has 1 heterocycles. The number of hydrogen-bond acceptors (Lipinski definition) is 2. The summed E-state index contributed by atoms with van der Waals surface area (Å²) in [5.74, 6) is 0. The van der Waals surface area contributed by atoms with E-state index in [2.05, 4.69) is 0 Å². The number of hydrogen-bond donors (Lipinski definition) is 0. The first-order valence-electron chi connectivity index (χ1n) is 6.21. The summed E-state index contributed by atoms with van der Waals surface area (Å²) in [4.78, 5) is 16.8. The molecule has 100 valence electrons. The van der Waals surface area contributed by atoms with Crippen molar-refractivity contribution < 1.29 is 9.63 Å². The largest absolute Gasteiger partial charge is 0.409 e. The van der Waals surface area contributed by atoms with E-state index in [1.165, 1.54) is 0 Å². The van der Waals surface area contributed by atoms with Crippen LogP contribution in [-0.2, 0) is 6.61 Å². The van der Waals surface area contributed by atoms with Crippen molar-refractivity contribution >= 4 is 28.8 Å². The van der Waals surface area contributed by atoms with Crippen molar-refractivity contribution in [2.24, 2.45) is 0 Å². The molecule has 0 amide bonds. The summed E-state index contributed by atoms with van der Waals surface area (Å²) in [5.41, 5.74) is 2.51. The average molecular weight is 286 g/mol. The lowest BCUT2D eigenvalue weighted by atomic mass is 10.2. The van der Waals surface area contributed by atoms with Gasteiger partial charge in [-0.1, -0.05) is 41.9 Å². The molecule has 3 rings (SSSR count). The predicted molar refractivity (Wildman–Crippen MR) is 79.1 cm³/mol. The van der Waals surface area contributed by atoms with E-state index >= 15 is 0 Å². The molecular formula is C16H12ClNO2. The molecular weight excluding hydrogens is 274 g/mol. The highest BCUT2D eigenvalue weighted by atomic mass is 35.5. The van der Waals surface area contributed by atoms with Crippen LogP contribution in [0.2, 0.25) is 5.02 Å². The molecule has 0 fully saturated rings. The third kappa shape index (κ3) is 2.40. The number of nitrogens with zero attached hydrogens (tertiary/aromatic N) is 1. The number of aromatic nitrogens is 1. The maximum absolute atomic E-state index is 11.1. The first-order chi connectivity index (χ1) is 9.78. The van der Waals surface area contributed by atoms with E-state index in [4.69, 9.17) is 16.4 Å². The fourth-order valence-electron chi connectivity index (χ4n) is 2.10. The number of aldehydes is 1. The number of fused-ring (bicyclic) bond motifs is 1. The molecule has 3 nitrogen and oxygen atoms in total. The van der Waals surface area contributed by atoms with Gasteiger partial charge in [-0.15, -0.1) is 0 Å². The van der Waals surface area contributed by atoms with Crippen LogP contribution < -0.4 is 4.84 Å². The summed E-state index contributed by atoms with van der Waals surface area (Å²) >= 11 is 5.84. The lowest BCUT2D eigenvalue weighted by Crippen LogP contribution is -2.09. The lowest BCUT2D eigenvalue weighted by Gasteiger charge is -2.08. The third-order valence-electron chi connectivity index (χ3n) is 3.12. The van der Waals surface area contributed by atoms with Crippen LogP contribution in [0.25, 0.3) is 10.9 Å². The summed E-state index contributed by atoms with van der Waals surface area (Å²) < 4.78 is 1.63. The Kier molecular flexibility index (Phi) is 3.44. The van der Waals surface area contributed by atoms with Gasteiger partial charge in [0, 0.05) is 16.0 Å². The van der Waals surface area contributed by atoms with E-state index in [0.717, 1.165) is 22.8 Å². The van der Waals surface area contributed by atoms with Gasteiger partial charge < -0.3 is 4.84 Å². The van der Waals surface area contributed by atoms with E-state index in [-0.39, 0.29) is 0 Å². The van der Waals surface area contributed by atoms with Crippen LogP contribution in [0.15, 0.2) is 54.7 Å². The zero-order valence-electron chi connectivity index (χ0n) is 10.6. The second-order valence-corrected chi connectivity index (χ2v) is 4.88. The summed E-state index contributed by atoms with van der Waals surface area (Å²) in [6.45, 7) is 0.411. The van der Waals surface area contributed by atoms with Crippen molar-refractivity contribution in [3.05, 3.63) is 70.9 Å². The highest BCUT2D eigenvalue weighted by Crippen LogP contribution is 2.19. The fourth-order valence-corrected chi connectivity index (χ4v) is 2.23. The highest BCUT2D eigenvalue weighted by molar-refractivity contribution is 6.30. The Hall–Kier alpha value is -2.26. The number of carbonyl (C=O) groups is 1. The minimum absolute atomic E-state index is 0.411. The molecule has 20 heavy (non-hydrogen) atoms. The van der Waals surface area contributed by atoms with Crippen molar-refractivity contribution in [3.63, 3.8) is 0 Å². The summed E-state index contributed by atoms with van der Waals surface area (Å²) in [5, 5.41) is 1.59. The summed E-state index contributed by atoms with van der Waals surface area (Å²) in [7, 11) is 0. The predicted octanol–water partition coefficient (Wildman–Crippen LogP) is 3.74. The van der Waals surface area contributed by atoms with Crippen LogP contribution in [0.5, 0.6) is 0 Å². The summed E-state index contributed by atoms with van der Waals surface area (Å²) in [6, 6.07) is 15.1. The molecule has 0 saturated carbocycles. The molecule has 0 unspecified atom stereocenters. The zero-order valence-corrected chi connectivity index (χ0v) is 11.4. The van der Waals surface area contributed by atoms with Crippen molar-refractivity contribution in [1.82, 2.24) is 4.73 Å². The normalized spacial score (nSPS) is 10.7. The molecule has 0 radical (unpaired) electrons. The maximum Gasteiger partial charge on any atom is 0.152 e. The number of halogens is 1. The third-order valence-corrected chi connectivity index (χ3v) is 3.37. The Labute approximate surface area is 121 Å². The van der Waals surface area contributed by atoms with Crippen molar-refractivity contribution in [2.75, 3.05) is 0 Å². The van der Waals surface area contributed by atoms with Crippen LogP contribution in [0, 0.1) is 0 Å². The van der Waals surface area contributed by atoms with Crippen LogP contribution in [-0.4, -0.2) is 11.0 Å². The molecule has 0 bridgehead atoms. The minimum atomic E-state index is 0.411. The van der Waals surface area contributed by atoms with Gasteiger partial charge in [0.05, 0.1) is 11.7 Å². The van der Waals surface area contributed by atoms with E-state index in [9.17, 15) is 4.79 Å².